The molecule has 1 unspecified atom stereocenters. The highest BCUT2D eigenvalue weighted by Gasteiger charge is 2.16. The van der Waals surface area contributed by atoms with Gasteiger partial charge in [0.15, 0.2) is 16.7 Å². The van der Waals surface area contributed by atoms with Gasteiger partial charge in [0, 0.05) is 6.20 Å². The van der Waals surface area contributed by atoms with Crippen LogP contribution in [0.25, 0.3) is 0 Å². The smallest absolute Gasteiger partial charge is 0.174 e. The summed E-state index contributed by atoms with van der Waals surface area (Å²) < 4.78 is 5.32. The molecule has 0 fully saturated rings. The number of nitrogens with zero attached hydrogens (tertiary/aromatic N) is 1. The number of methoxy groups -OCH3 is 1. The fraction of sp³-hybridized carbons (Fsp3) is 0.143. The third-order valence-corrected chi connectivity index (χ3v) is 4.26. The third-order valence-electron chi connectivity index (χ3n) is 4.04. The van der Waals surface area contributed by atoms with Crippen LogP contribution < -0.4 is 15.4 Å². The van der Waals surface area contributed by atoms with Gasteiger partial charge < -0.3 is 15.4 Å². The maximum absolute atomic E-state index is 5.53. The van der Waals surface area contributed by atoms with E-state index in [4.69, 9.17) is 17.0 Å². The van der Waals surface area contributed by atoms with E-state index in [0.717, 1.165) is 11.1 Å². The van der Waals surface area contributed by atoms with Crippen molar-refractivity contribution in [3.8, 4) is 5.75 Å². The average molecular weight is 363 g/mol. The van der Waals surface area contributed by atoms with Gasteiger partial charge in [0.25, 0.3) is 0 Å². The number of thiocarbonyl (C=S) groups is 1. The lowest BCUT2D eigenvalue weighted by Gasteiger charge is -2.22. The highest BCUT2D eigenvalue weighted by Crippen LogP contribution is 2.24. The Bertz CT molecular complexity index is 866. The molecule has 0 radical (unpaired) electrons. The van der Waals surface area contributed by atoms with E-state index in [0.29, 0.717) is 16.7 Å². The molecule has 2 aromatic carbocycles. The number of anilines is 1. The molecule has 0 aliphatic heterocycles. The highest BCUT2D eigenvalue weighted by molar-refractivity contribution is 7.80. The summed E-state index contributed by atoms with van der Waals surface area (Å²) in [4.78, 5) is 4.29. The second kappa shape index (κ2) is 8.45. The van der Waals surface area contributed by atoms with Crippen LogP contribution in [0.1, 0.15) is 22.7 Å². The van der Waals surface area contributed by atoms with E-state index in [-0.39, 0.29) is 6.04 Å². The van der Waals surface area contributed by atoms with Crippen LogP contribution in [-0.4, -0.2) is 17.2 Å². The molecule has 0 spiro atoms. The van der Waals surface area contributed by atoms with E-state index >= 15 is 0 Å². The molecule has 5 heteroatoms. The summed E-state index contributed by atoms with van der Waals surface area (Å²) in [6.45, 7) is 2.08. The van der Waals surface area contributed by atoms with Gasteiger partial charge in [0.2, 0.25) is 0 Å². The first-order valence-corrected chi connectivity index (χ1v) is 8.76. The lowest BCUT2D eigenvalue weighted by atomic mass is 9.98. The van der Waals surface area contributed by atoms with Crippen LogP contribution in [0.4, 0.5) is 5.82 Å². The fourth-order valence-corrected chi connectivity index (χ4v) is 2.90. The van der Waals surface area contributed by atoms with Crippen LogP contribution in [0.15, 0.2) is 72.9 Å². The lowest BCUT2D eigenvalue weighted by molar-refractivity contribution is 0.415. The number of rotatable bonds is 5. The molecule has 132 valence electrons. The summed E-state index contributed by atoms with van der Waals surface area (Å²) in [5.41, 5.74) is 3.49. The normalized spacial score (nSPS) is 11.5. The summed E-state index contributed by atoms with van der Waals surface area (Å²) in [6, 6.07) is 22.3. The van der Waals surface area contributed by atoms with Crippen molar-refractivity contribution in [1.29, 1.82) is 0 Å². The zero-order chi connectivity index (χ0) is 18.4. The molecule has 4 nitrogen and oxygen atoms in total. The number of aryl methyl sites for hydroxylation is 1. The number of hydrogen-bond acceptors (Lipinski definition) is 3. The number of hydrogen-bond donors (Lipinski definition) is 2. The highest BCUT2D eigenvalue weighted by atomic mass is 32.1. The Balaban J connectivity index is 1.83. The van der Waals surface area contributed by atoms with Gasteiger partial charge in [-0.15, -0.1) is 0 Å². The predicted molar refractivity (Wildman–Crippen MR) is 110 cm³/mol. The Hall–Kier alpha value is -2.92. The van der Waals surface area contributed by atoms with Crippen molar-refractivity contribution in [2.24, 2.45) is 0 Å². The Kier molecular flexibility index (Phi) is 5.81. The molecule has 1 aromatic heterocycles. The number of benzene rings is 2. The Morgan fingerprint density at radius 2 is 1.65 bits per heavy atom. The standard InChI is InChI=1S/C21H21N3OS/c1-15-10-12-17(13-11-15)19(16-7-4-3-5-8-16)23-21(26)24-20-18(25-2)9-6-14-22-20/h3-14,19H,1-2H3,(H2,22,23,24,26). The summed E-state index contributed by atoms with van der Waals surface area (Å²) >= 11 is 5.53. The fourth-order valence-electron chi connectivity index (χ4n) is 2.69. The average Bonchev–Trinajstić information content (AvgIpc) is 2.68. The topological polar surface area (TPSA) is 46.2 Å². The molecule has 3 aromatic rings. The predicted octanol–water partition coefficient (Wildman–Crippen LogP) is 4.47. The quantitative estimate of drug-likeness (QED) is 0.655. The summed E-state index contributed by atoms with van der Waals surface area (Å²) in [5.74, 6) is 1.23. The van der Waals surface area contributed by atoms with E-state index < -0.39 is 0 Å². The molecule has 0 aliphatic carbocycles. The van der Waals surface area contributed by atoms with Crippen LogP contribution >= 0.6 is 12.2 Å². The zero-order valence-electron chi connectivity index (χ0n) is 14.8. The molecule has 0 saturated heterocycles. The second-order valence-electron chi connectivity index (χ2n) is 5.91. The van der Waals surface area contributed by atoms with E-state index in [2.05, 4.69) is 58.9 Å². The lowest BCUT2D eigenvalue weighted by Crippen LogP contribution is -2.33. The Morgan fingerprint density at radius 1 is 0.962 bits per heavy atom. The monoisotopic (exact) mass is 363 g/mol. The maximum atomic E-state index is 5.53. The van der Waals surface area contributed by atoms with Gasteiger partial charge in [-0.2, -0.15) is 0 Å². The molecule has 1 heterocycles. The van der Waals surface area contributed by atoms with Crippen LogP contribution in [0.5, 0.6) is 5.75 Å². The van der Waals surface area contributed by atoms with E-state index in [9.17, 15) is 0 Å². The number of nitrogens with one attached hydrogen (secondary N) is 2. The SMILES string of the molecule is COc1cccnc1NC(=S)NC(c1ccccc1)c1ccc(C)cc1. The van der Waals surface area contributed by atoms with E-state index in [1.807, 2.05) is 30.3 Å². The molecule has 1 atom stereocenters. The number of aromatic nitrogens is 1. The van der Waals surface area contributed by atoms with Crippen LogP contribution in [0, 0.1) is 6.92 Å². The number of pyridine rings is 1. The van der Waals surface area contributed by atoms with Crippen molar-refractivity contribution in [2.45, 2.75) is 13.0 Å². The largest absolute Gasteiger partial charge is 0.493 e. The minimum absolute atomic E-state index is 0.0634. The Labute approximate surface area is 159 Å². The van der Waals surface area contributed by atoms with Crippen molar-refractivity contribution < 1.29 is 4.74 Å². The molecule has 26 heavy (non-hydrogen) atoms. The van der Waals surface area contributed by atoms with Crippen molar-refractivity contribution in [3.63, 3.8) is 0 Å². The van der Waals surface area contributed by atoms with E-state index in [1.54, 1.807) is 13.3 Å². The van der Waals surface area contributed by atoms with Gasteiger partial charge in [0.1, 0.15) is 0 Å². The summed E-state index contributed by atoms with van der Waals surface area (Å²) in [6.07, 6.45) is 1.70. The first-order valence-electron chi connectivity index (χ1n) is 8.35. The van der Waals surface area contributed by atoms with Crippen molar-refractivity contribution in [1.82, 2.24) is 10.3 Å². The zero-order valence-corrected chi connectivity index (χ0v) is 15.6. The van der Waals surface area contributed by atoms with Gasteiger partial charge in [-0.05, 0) is 42.4 Å². The molecule has 2 N–H and O–H groups in total. The summed E-state index contributed by atoms with van der Waals surface area (Å²) in [7, 11) is 1.61. The van der Waals surface area contributed by atoms with Gasteiger partial charge in [0.05, 0.1) is 13.2 Å². The molecule has 0 saturated carbocycles. The summed E-state index contributed by atoms with van der Waals surface area (Å²) in [5, 5.41) is 7.00. The number of ether oxygens (including phenoxy) is 1. The molecule has 3 rings (SSSR count). The molecular weight excluding hydrogens is 342 g/mol. The van der Waals surface area contributed by atoms with Crippen molar-refractivity contribution in [2.75, 3.05) is 12.4 Å². The maximum Gasteiger partial charge on any atom is 0.174 e. The minimum atomic E-state index is -0.0634. The van der Waals surface area contributed by atoms with Gasteiger partial charge in [-0.25, -0.2) is 4.98 Å². The Morgan fingerprint density at radius 3 is 2.35 bits per heavy atom. The first kappa shape index (κ1) is 17.9. The van der Waals surface area contributed by atoms with Gasteiger partial charge >= 0.3 is 0 Å². The van der Waals surface area contributed by atoms with Crippen LogP contribution in [-0.2, 0) is 0 Å². The second-order valence-corrected chi connectivity index (χ2v) is 6.32. The van der Waals surface area contributed by atoms with E-state index in [1.165, 1.54) is 5.56 Å². The van der Waals surface area contributed by atoms with Gasteiger partial charge in [-0.3, -0.25) is 0 Å². The molecule has 0 aliphatic rings. The van der Waals surface area contributed by atoms with Crippen molar-refractivity contribution in [3.05, 3.63) is 89.6 Å². The van der Waals surface area contributed by atoms with Crippen molar-refractivity contribution >= 4 is 23.1 Å². The van der Waals surface area contributed by atoms with Crippen LogP contribution in [0.3, 0.4) is 0 Å². The minimum Gasteiger partial charge on any atom is -0.493 e. The molecule has 0 amide bonds. The molecule has 0 bridgehead atoms. The van der Waals surface area contributed by atoms with Crippen LogP contribution in [0.2, 0.25) is 0 Å². The first-order chi connectivity index (χ1) is 12.7. The third kappa shape index (κ3) is 4.37. The van der Waals surface area contributed by atoms with Gasteiger partial charge in [-0.1, -0.05) is 60.2 Å². The molecular formula is C21H21N3OS.